The fraction of sp³-hybridized carbons (Fsp3) is 0.500. The van der Waals surface area contributed by atoms with Crippen molar-refractivity contribution in [2.45, 2.75) is 101 Å². The van der Waals surface area contributed by atoms with Crippen LogP contribution in [0.3, 0.4) is 0 Å². The molecule has 8 rings (SSSR count). The third kappa shape index (κ3) is 10.3. The molecule has 65 heavy (non-hydrogen) atoms. The number of allylic oxidation sites excluding steroid dienone is 1. The van der Waals surface area contributed by atoms with Crippen molar-refractivity contribution in [2.24, 2.45) is 22.9 Å². The molecule has 2 aliphatic carbocycles. The molecule has 3 aliphatic heterocycles. The highest BCUT2D eigenvalue weighted by Gasteiger charge is 2.65. The summed E-state index contributed by atoms with van der Waals surface area (Å²) in [6, 6.07) is 19.7. The Morgan fingerprint density at radius 2 is 1.75 bits per heavy atom. The van der Waals surface area contributed by atoms with Crippen LogP contribution in [-0.2, 0) is 32.1 Å². The van der Waals surface area contributed by atoms with E-state index < -0.39 is 36.2 Å². The Morgan fingerprint density at radius 3 is 2.52 bits per heavy atom. The van der Waals surface area contributed by atoms with Crippen LogP contribution in [-0.4, -0.2) is 91.5 Å². The topological polar surface area (TPSA) is 176 Å². The van der Waals surface area contributed by atoms with Gasteiger partial charge in [-0.25, -0.2) is 9.59 Å². The Labute approximate surface area is 380 Å². The number of oxime groups is 1. The molecular weight excluding hydrogens is 835 g/mol. The van der Waals surface area contributed by atoms with Crippen molar-refractivity contribution in [3.8, 4) is 23.0 Å². The van der Waals surface area contributed by atoms with Crippen LogP contribution in [0.25, 0.3) is 0 Å². The molecule has 1 saturated carbocycles. The SMILES string of the molecule is C=CCO[C@@]12Oc3ccc(OC(=O)NCc4ccccc4)cc3[C@H]3[C@H](CCCCO)[C@@H](CCCCO)C=C(C(=NOC4CCCCO4)C[C@@H]1N(Cc1ccc4c(c1)OCO4)C(=O)OC)[C@H]32. The van der Waals surface area contributed by atoms with Crippen LogP contribution >= 0.6 is 0 Å². The lowest BCUT2D eigenvalue weighted by molar-refractivity contribution is -0.256. The number of aliphatic hydroxyl groups is 2. The van der Waals surface area contributed by atoms with Gasteiger partial charge in [-0.3, -0.25) is 4.90 Å². The van der Waals surface area contributed by atoms with Crippen molar-refractivity contribution >= 4 is 17.9 Å². The zero-order valence-corrected chi connectivity index (χ0v) is 37.1. The second-order valence-electron chi connectivity index (χ2n) is 17.2. The monoisotopic (exact) mass is 895 g/mol. The van der Waals surface area contributed by atoms with E-state index in [2.05, 4.69) is 18.0 Å². The lowest BCUT2D eigenvalue weighted by Crippen LogP contribution is -2.70. The van der Waals surface area contributed by atoms with Gasteiger partial charge in [-0.05, 0) is 97.4 Å². The zero-order chi connectivity index (χ0) is 45.2. The second-order valence-corrected chi connectivity index (χ2v) is 17.2. The van der Waals surface area contributed by atoms with Crippen molar-refractivity contribution in [2.75, 3.05) is 40.3 Å². The second kappa shape index (κ2) is 21.6. The van der Waals surface area contributed by atoms with Gasteiger partial charge in [0, 0.05) is 50.6 Å². The first-order chi connectivity index (χ1) is 31.8. The summed E-state index contributed by atoms with van der Waals surface area (Å²) in [4.78, 5) is 35.6. The lowest BCUT2D eigenvalue weighted by Gasteiger charge is -2.59. The van der Waals surface area contributed by atoms with E-state index in [-0.39, 0.29) is 57.3 Å². The van der Waals surface area contributed by atoms with Gasteiger partial charge in [-0.15, -0.1) is 6.58 Å². The van der Waals surface area contributed by atoms with E-state index in [1.165, 1.54) is 7.11 Å². The van der Waals surface area contributed by atoms with Gasteiger partial charge in [0.2, 0.25) is 18.9 Å². The fourth-order valence-electron chi connectivity index (χ4n) is 10.2. The minimum atomic E-state index is -1.54. The molecule has 0 radical (unpaired) electrons. The van der Waals surface area contributed by atoms with Crippen LogP contribution < -0.4 is 24.3 Å². The molecule has 7 atom stereocenters. The maximum atomic E-state index is 14.4. The minimum Gasteiger partial charge on any atom is -0.459 e. The minimum absolute atomic E-state index is 0.00341. The number of unbranched alkanes of at least 4 members (excludes halogenated alkanes) is 2. The summed E-state index contributed by atoms with van der Waals surface area (Å²) in [5.74, 6) is -0.500. The Kier molecular flexibility index (Phi) is 15.3. The van der Waals surface area contributed by atoms with Crippen molar-refractivity contribution < 1.29 is 57.8 Å². The molecule has 348 valence electrons. The van der Waals surface area contributed by atoms with Crippen molar-refractivity contribution in [3.05, 3.63) is 108 Å². The maximum Gasteiger partial charge on any atom is 0.412 e. The molecule has 2 fully saturated rings. The van der Waals surface area contributed by atoms with Gasteiger partial charge in [0.1, 0.15) is 17.5 Å². The molecule has 2 amide bonds. The van der Waals surface area contributed by atoms with E-state index in [9.17, 15) is 19.8 Å². The lowest BCUT2D eigenvalue weighted by atomic mass is 9.55. The van der Waals surface area contributed by atoms with Gasteiger partial charge >= 0.3 is 12.2 Å². The quantitative estimate of drug-likeness (QED) is 0.0600. The molecule has 3 N–H and O–H groups in total. The van der Waals surface area contributed by atoms with E-state index in [1.807, 2.05) is 54.6 Å². The number of carbonyl (C=O) groups is 2. The van der Waals surface area contributed by atoms with Crippen LogP contribution in [0, 0.1) is 17.8 Å². The number of rotatable bonds is 19. The summed E-state index contributed by atoms with van der Waals surface area (Å²) in [6.45, 7) is 5.27. The molecule has 3 heterocycles. The van der Waals surface area contributed by atoms with Gasteiger partial charge in [0.15, 0.2) is 11.5 Å². The average molecular weight is 896 g/mol. The molecule has 3 aromatic carbocycles. The largest absolute Gasteiger partial charge is 0.459 e. The first kappa shape index (κ1) is 45.9. The Morgan fingerprint density at radius 1 is 0.954 bits per heavy atom. The number of hydrogen-bond acceptors (Lipinski definition) is 13. The predicted octanol–water partition coefficient (Wildman–Crippen LogP) is 8.13. The Hall–Kier alpha value is -5.61. The number of methoxy groups -OCH3 is 1. The van der Waals surface area contributed by atoms with Gasteiger partial charge in [-0.2, -0.15) is 0 Å². The fourth-order valence-corrected chi connectivity index (χ4v) is 10.2. The van der Waals surface area contributed by atoms with Gasteiger partial charge in [0.05, 0.1) is 32.0 Å². The van der Waals surface area contributed by atoms with E-state index >= 15 is 0 Å². The smallest absolute Gasteiger partial charge is 0.412 e. The molecule has 15 heteroatoms. The van der Waals surface area contributed by atoms with Gasteiger partial charge in [-0.1, -0.05) is 66.5 Å². The molecule has 0 aromatic heterocycles. The number of nitrogens with zero attached hydrogens (tertiary/aromatic N) is 2. The molecule has 1 saturated heterocycles. The van der Waals surface area contributed by atoms with Gasteiger partial charge < -0.3 is 53.5 Å². The summed E-state index contributed by atoms with van der Waals surface area (Å²) in [7, 11) is 1.35. The zero-order valence-electron chi connectivity index (χ0n) is 37.1. The van der Waals surface area contributed by atoms with E-state index in [0.29, 0.717) is 61.1 Å². The number of nitrogens with one attached hydrogen (secondary N) is 1. The number of amides is 2. The molecular formula is C50H61N3O12. The van der Waals surface area contributed by atoms with Gasteiger partial charge in [0.25, 0.3) is 0 Å². The van der Waals surface area contributed by atoms with E-state index in [1.54, 1.807) is 23.1 Å². The van der Waals surface area contributed by atoms with Crippen molar-refractivity contribution in [1.82, 2.24) is 10.2 Å². The summed E-state index contributed by atoms with van der Waals surface area (Å²) in [5, 5.41) is 27.7. The van der Waals surface area contributed by atoms with Crippen molar-refractivity contribution in [1.29, 1.82) is 0 Å². The van der Waals surface area contributed by atoms with E-state index in [0.717, 1.165) is 60.8 Å². The normalized spacial score (nSPS) is 25.6. The molecule has 0 spiro atoms. The number of benzene rings is 3. The molecule has 5 aliphatic rings. The van der Waals surface area contributed by atoms with E-state index in [4.69, 9.17) is 43.2 Å². The maximum absolute atomic E-state index is 14.4. The number of hydrogen-bond donors (Lipinski definition) is 3. The third-order valence-corrected chi connectivity index (χ3v) is 13.1. The number of carbonyl (C=O) groups excluding carboxylic acids is 2. The molecule has 3 aromatic rings. The Bertz CT molecular complexity index is 2180. The highest BCUT2D eigenvalue weighted by atomic mass is 16.8. The first-order valence-corrected chi connectivity index (χ1v) is 22.9. The molecule has 1 unspecified atom stereocenters. The van der Waals surface area contributed by atoms with Crippen molar-refractivity contribution in [3.63, 3.8) is 0 Å². The molecule has 0 bridgehead atoms. The highest BCUT2D eigenvalue weighted by molar-refractivity contribution is 6.03. The molecule has 15 nitrogen and oxygen atoms in total. The average Bonchev–Trinajstić information content (AvgIpc) is 3.81. The first-order valence-electron chi connectivity index (χ1n) is 22.9. The van der Waals surface area contributed by atoms with Crippen LogP contribution in [0.15, 0.2) is 96.2 Å². The third-order valence-electron chi connectivity index (χ3n) is 13.1. The summed E-state index contributed by atoms with van der Waals surface area (Å²) in [5.41, 5.74) is 3.99. The van der Waals surface area contributed by atoms with Crippen LogP contribution in [0.2, 0.25) is 0 Å². The Balaban J connectivity index is 1.28. The summed E-state index contributed by atoms with van der Waals surface area (Å²) in [6.07, 6.45) is 9.19. The predicted molar refractivity (Wildman–Crippen MR) is 239 cm³/mol. The summed E-state index contributed by atoms with van der Waals surface area (Å²) < 4.78 is 43.3. The number of aliphatic hydroxyl groups excluding tert-OH is 2. The summed E-state index contributed by atoms with van der Waals surface area (Å²) >= 11 is 0. The van der Waals surface area contributed by atoms with Crippen LogP contribution in [0.5, 0.6) is 23.0 Å². The van der Waals surface area contributed by atoms with Crippen LogP contribution in [0.4, 0.5) is 9.59 Å². The number of fused-ring (bicyclic) bond motifs is 3. The number of ether oxygens (including phenoxy) is 7. The van der Waals surface area contributed by atoms with Crippen LogP contribution in [0.1, 0.15) is 86.8 Å². The standard InChI is InChI=1S/C50H61N3O12/c1-3-24-62-50-44(53(49(57)58-2)31-34-18-20-42-43(26-34)61-32-60-42)29-40(52-65-45-17-9-12-25-59-45)38-27-35(15-7-10-22-54)37(16-8-11-23-55)46(47(38)50)39-28-36(19-21-41(39)64-50)63-48(56)51-30-33-13-5-4-6-14-33/h3-6,13-14,18-21,26-28,35,37,44-47,54-55H,1,7-12,15-17,22-25,29-32H2,2H3,(H,51,56)/t35-,37+,44-,45?,46+,47+,50+/m0/s1. The highest BCUT2D eigenvalue weighted by Crippen LogP contribution is 2.62.